The van der Waals surface area contributed by atoms with Gasteiger partial charge in [0.25, 0.3) is 0 Å². The first-order valence-electron chi connectivity index (χ1n) is 8.41. The molecule has 27 heavy (non-hydrogen) atoms. The number of carboxylic acid groups (broad SMARTS) is 1. The zero-order valence-electron chi connectivity index (χ0n) is 14.4. The van der Waals surface area contributed by atoms with Crippen LogP contribution < -0.4 is 14.9 Å². The Morgan fingerprint density at radius 2 is 2.11 bits per heavy atom. The molecule has 3 aromatic rings. The van der Waals surface area contributed by atoms with E-state index in [9.17, 15) is 19.1 Å². The fourth-order valence-electron chi connectivity index (χ4n) is 3.22. The third kappa shape index (κ3) is 2.81. The quantitative estimate of drug-likeness (QED) is 0.763. The number of rotatable bonds is 4. The third-order valence-electron chi connectivity index (χ3n) is 4.58. The van der Waals surface area contributed by atoms with Gasteiger partial charge in [0.05, 0.1) is 16.9 Å². The van der Waals surface area contributed by atoms with E-state index in [-0.39, 0.29) is 36.1 Å². The molecule has 0 aliphatic carbocycles. The number of nitrogens with zero attached hydrogens (tertiary/aromatic N) is 1. The smallest absolute Gasteiger partial charge is 0.341 e. The summed E-state index contributed by atoms with van der Waals surface area (Å²) in [5.74, 6) is -2.09. The maximum atomic E-state index is 14.7. The highest BCUT2D eigenvalue weighted by molar-refractivity contribution is 5.95. The van der Waals surface area contributed by atoms with Gasteiger partial charge in [0.2, 0.25) is 5.43 Å². The molecule has 6 nitrogen and oxygen atoms in total. The Bertz CT molecular complexity index is 1110. The van der Waals surface area contributed by atoms with Crippen LogP contribution in [0.5, 0.6) is 11.5 Å². The second-order valence-corrected chi connectivity index (χ2v) is 6.43. The van der Waals surface area contributed by atoms with E-state index in [2.05, 4.69) is 0 Å². The predicted octanol–water partition coefficient (Wildman–Crippen LogP) is 3.37. The number of hydrogen-bond acceptors (Lipinski definition) is 4. The summed E-state index contributed by atoms with van der Waals surface area (Å²) in [5.41, 5.74) is 0.0426. The van der Waals surface area contributed by atoms with Crippen molar-refractivity contribution >= 4 is 16.9 Å². The molecule has 2 aromatic carbocycles. The van der Waals surface area contributed by atoms with Crippen molar-refractivity contribution in [2.75, 3.05) is 6.61 Å². The summed E-state index contributed by atoms with van der Waals surface area (Å²) in [6.07, 6.45) is 1.28. The molecular formula is C20H16FNO5. The normalized spacial score (nSPS) is 15.4. The van der Waals surface area contributed by atoms with Crippen molar-refractivity contribution < 1.29 is 23.8 Å². The van der Waals surface area contributed by atoms with Gasteiger partial charge < -0.3 is 19.1 Å². The monoisotopic (exact) mass is 369 g/mol. The van der Waals surface area contributed by atoms with Crippen LogP contribution in [-0.2, 0) is 6.61 Å². The van der Waals surface area contributed by atoms with E-state index >= 15 is 0 Å². The lowest BCUT2D eigenvalue weighted by molar-refractivity contribution is 0.0694. The van der Waals surface area contributed by atoms with Gasteiger partial charge >= 0.3 is 5.97 Å². The van der Waals surface area contributed by atoms with Crippen LogP contribution in [0.3, 0.4) is 0 Å². The number of pyridine rings is 1. The van der Waals surface area contributed by atoms with E-state index in [1.54, 1.807) is 4.57 Å². The molecule has 1 N–H and O–H groups in total. The molecule has 1 aromatic heterocycles. The lowest BCUT2D eigenvalue weighted by Gasteiger charge is -2.28. The Hall–Kier alpha value is -3.35. The van der Waals surface area contributed by atoms with Crippen molar-refractivity contribution in [1.29, 1.82) is 0 Å². The third-order valence-corrected chi connectivity index (χ3v) is 4.58. The zero-order valence-corrected chi connectivity index (χ0v) is 14.4. The highest BCUT2D eigenvalue weighted by Crippen LogP contribution is 2.41. The summed E-state index contributed by atoms with van der Waals surface area (Å²) in [6.45, 7) is 2.16. The molecule has 0 amide bonds. The van der Waals surface area contributed by atoms with Gasteiger partial charge in [-0.2, -0.15) is 0 Å². The predicted molar refractivity (Wildman–Crippen MR) is 96.1 cm³/mol. The van der Waals surface area contributed by atoms with Crippen molar-refractivity contribution in [1.82, 2.24) is 4.57 Å². The van der Waals surface area contributed by atoms with Crippen molar-refractivity contribution in [2.45, 2.75) is 19.6 Å². The standard InChI is InChI=1S/C20H16FNO5/c1-11-9-26-19-16-13(17(23)14(20(24)25)8-22(11)16)7-15(21)18(19)27-10-12-5-3-2-4-6-12/h2-8,11H,9-10H2,1H3,(H,24,25). The van der Waals surface area contributed by atoms with E-state index < -0.39 is 22.8 Å². The Morgan fingerprint density at radius 1 is 1.37 bits per heavy atom. The summed E-state index contributed by atoms with van der Waals surface area (Å²) in [6, 6.07) is 10.1. The first kappa shape index (κ1) is 17.1. The van der Waals surface area contributed by atoms with Crippen LogP contribution in [0.4, 0.5) is 4.39 Å². The molecule has 2 heterocycles. The van der Waals surface area contributed by atoms with Gasteiger partial charge in [-0.1, -0.05) is 30.3 Å². The van der Waals surface area contributed by atoms with Gasteiger partial charge in [0.15, 0.2) is 17.3 Å². The first-order valence-corrected chi connectivity index (χ1v) is 8.41. The molecule has 138 valence electrons. The molecule has 4 rings (SSSR count). The minimum Gasteiger partial charge on any atom is -0.485 e. The van der Waals surface area contributed by atoms with Gasteiger partial charge in [-0.15, -0.1) is 0 Å². The lowest BCUT2D eigenvalue weighted by atomic mass is 10.1. The molecule has 0 saturated carbocycles. The van der Waals surface area contributed by atoms with Crippen LogP contribution >= 0.6 is 0 Å². The van der Waals surface area contributed by atoms with E-state index in [1.165, 1.54) is 6.20 Å². The molecule has 1 aliphatic rings. The van der Waals surface area contributed by atoms with Gasteiger partial charge in [-0.3, -0.25) is 4.79 Å². The maximum absolute atomic E-state index is 14.7. The molecule has 1 aliphatic heterocycles. The van der Waals surface area contributed by atoms with Crippen molar-refractivity contribution in [3.8, 4) is 11.5 Å². The summed E-state index contributed by atoms with van der Waals surface area (Å²) >= 11 is 0. The number of halogens is 1. The second-order valence-electron chi connectivity index (χ2n) is 6.43. The van der Waals surface area contributed by atoms with E-state index in [4.69, 9.17) is 9.47 Å². The lowest BCUT2D eigenvalue weighted by Crippen LogP contribution is -2.27. The number of aromatic carboxylic acids is 1. The fraction of sp³-hybridized carbons (Fsp3) is 0.200. The molecule has 0 fully saturated rings. The number of benzene rings is 2. The maximum Gasteiger partial charge on any atom is 0.341 e. The van der Waals surface area contributed by atoms with Crippen LogP contribution in [-0.4, -0.2) is 22.2 Å². The van der Waals surface area contributed by atoms with Crippen molar-refractivity contribution in [2.24, 2.45) is 0 Å². The van der Waals surface area contributed by atoms with Gasteiger partial charge in [0.1, 0.15) is 18.8 Å². The highest BCUT2D eigenvalue weighted by atomic mass is 19.1. The summed E-state index contributed by atoms with van der Waals surface area (Å²) < 4.78 is 27.7. The minimum atomic E-state index is -1.35. The number of aromatic nitrogens is 1. The van der Waals surface area contributed by atoms with Gasteiger partial charge in [0, 0.05) is 6.20 Å². The Labute approximate surface area is 153 Å². The SMILES string of the molecule is CC1COc2c(OCc3ccccc3)c(F)cc3c(=O)c(C(=O)O)cn1c23. The van der Waals surface area contributed by atoms with Crippen LogP contribution in [0.25, 0.3) is 10.9 Å². The largest absolute Gasteiger partial charge is 0.485 e. The molecule has 0 saturated heterocycles. The second kappa shape index (κ2) is 6.42. The van der Waals surface area contributed by atoms with Crippen LogP contribution in [0.1, 0.15) is 28.9 Å². The summed E-state index contributed by atoms with van der Waals surface area (Å²) in [4.78, 5) is 23.9. The summed E-state index contributed by atoms with van der Waals surface area (Å²) in [5, 5.41) is 9.25. The number of carbonyl (C=O) groups is 1. The highest BCUT2D eigenvalue weighted by Gasteiger charge is 2.28. The topological polar surface area (TPSA) is 77.8 Å². The average molecular weight is 369 g/mol. The molecule has 0 spiro atoms. The number of hydrogen-bond donors (Lipinski definition) is 1. The minimum absolute atomic E-state index is 0.0407. The Balaban J connectivity index is 1.90. The van der Waals surface area contributed by atoms with Gasteiger partial charge in [-0.25, -0.2) is 9.18 Å². The fourth-order valence-corrected chi connectivity index (χ4v) is 3.22. The molecule has 1 atom stereocenters. The van der Waals surface area contributed by atoms with Crippen LogP contribution in [0, 0.1) is 5.82 Å². The van der Waals surface area contributed by atoms with Crippen molar-refractivity contribution in [3.63, 3.8) is 0 Å². The number of ether oxygens (including phenoxy) is 2. The van der Waals surface area contributed by atoms with E-state index in [0.717, 1.165) is 11.6 Å². The Kier molecular flexibility index (Phi) is 4.07. The van der Waals surface area contributed by atoms with Gasteiger partial charge in [-0.05, 0) is 18.6 Å². The van der Waals surface area contributed by atoms with Crippen LogP contribution in [0.15, 0.2) is 47.4 Å². The molecule has 1 unspecified atom stereocenters. The van der Waals surface area contributed by atoms with E-state index in [1.807, 2.05) is 37.3 Å². The molecule has 0 bridgehead atoms. The van der Waals surface area contributed by atoms with E-state index in [0.29, 0.717) is 5.52 Å². The number of carboxylic acids is 1. The Morgan fingerprint density at radius 3 is 2.81 bits per heavy atom. The van der Waals surface area contributed by atoms with Crippen molar-refractivity contribution in [3.05, 3.63) is 69.8 Å². The average Bonchev–Trinajstić information content (AvgIpc) is 2.65. The van der Waals surface area contributed by atoms with Crippen LogP contribution in [0.2, 0.25) is 0 Å². The summed E-state index contributed by atoms with van der Waals surface area (Å²) in [7, 11) is 0. The molecule has 7 heteroatoms. The molecule has 0 radical (unpaired) electrons. The zero-order chi connectivity index (χ0) is 19.1. The first-order chi connectivity index (χ1) is 13.0. The molecular weight excluding hydrogens is 353 g/mol.